The minimum atomic E-state index is 0.577. The van der Waals surface area contributed by atoms with Crippen LogP contribution in [0, 0.1) is 0 Å². The Morgan fingerprint density at radius 3 is 2.78 bits per heavy atom. The Hall–Kier alpha value is -1.36. The molecule has 2 rings (SSSR count). The molecule has 2 unspecified atom stereocenters. The molecular weight excluding hydrogens is 304 g/mol. The molecule has 1 fully saturated rings. The van der Waals surface area contributed by atoms with Crippen molar-refractivity contribution in [3.05, 3.63) is 30.3 Å². The van der Waals surface area contributed by atoms with Crippen molar-refractivity contribution >= 4 is 23.4 Å². The van der Waals surface area contributed by atoms with E-state index in [9.17, 15) is 0 Å². The van der Waals surface area contributed by atoms with Crippen molar-refractivity contribution in [2.45, 2.75) is 43.9 Å². The average molecular weight is 335 g/mol. The normalized spacial score (nSPS) is 21.2. The fourth-order valence-electron chi connectivity index (χ4n) is 2.86. The van der Waals surface area contributed by atoms with Gasteiger partial charge < -0.3 is 16.0 Å². The molecule has 2 atom stereocenters. The van der Waals surface area contributed by atoms with Crippen molar-refractivity contribution in [2.24, 2.45) is 4.99 Å². The summed E-state index contributed by atoms with van der Waals surface area (Å²) in [4.78, 5) is 4.71. The molecule has 1 aromatic rings. The molecule has 1 saturated carbocycles. The number of anilines is 1. The van der Waals surface area contributed by atoms with Crippen LogP contribution in [0.25, 0.3) is 0 Å². The molecule has 1 aromatic carbocycles. The Labute approximate surface area is 144 Å². The van der Waals surface area contributed by atoms with Gasteiger partial charge >= 0.3 is 0 Å². The zero-order chi connectivity index (χ0) is 16.3. The van der Waals surface area contributed by atoms with Crippen LogP contribution in [-0.4, -0.2) is 43.1 Å². The van der Waals surface area contributed by atoms with Gasteiger partial charge in [-0.05, 0) is 51.0 Å². The number of nitrogens with one attached hydrogen (secondary N) is 3. The van der Waals surface area contributed by atoms with Crippen molar-refractivity contribution in [1.82, 2.24) is 10.6 Å². The van der Waals surface area contributed by atoms with E-state index in [-0.39, 0.29) is 0 Å². The summed E-state index contributed by atoms with van der Waals surface area (Å²) in [6, 6.07) is 10.9. The van der Waals surface area contributed by atoms with Crippen LogP contribution in [0.5, 0.6) is 0 Å². The fourth-order valence-corrected chi connectivity index (χ4v) is 3.65. The quantitative estimate of drug-likeness (QED) is 0.388. The van der Waals surface area contributed by atoms with Gasteiger partial charge in [0.2, 0.25) is 0 Å². The Morgan fingerprint density at radius 2 is 2.09 bits per heavy atom. The molecule has 0 heterocycles. The van der Waals surface area contributed by atoms with Gasteiger partial charge in [-0.2, -0.15) is 11.8 Å². The van der Waals surface area contributed by atoms with Crippen LogP contribution in [0.1, 0.15) is 32.6 Å². The van der Waals surface area contributed by atoms with Gasteiger partial charge in [0.15, 0.2) is 5.96 Å². The van der Waals surface area contributed by atoms with E-state index in [1.807, 2.05) is 17.8 Å². The topological polar surface area (TPSA) is 48.5 Å². The summed E-state index contributed by atoms with van der Waals surface area (Å²) in [5, 5.41) is 11.2. The van der Waals surface area contributed by atoms with Crippen molar-refractivity contribution < 1.29 is 0 Å². The van der Waals surface area contributed by atoms with E-state index in [0.717, 1.165) is 37.3 Å². The molecule has 0 spiro atoms. The molecule has 0 aromatic heterocycles. The van der Waals surface area contributed by atoms with Crippen LogP contribution in [-0.2, 0) is 0 Å². The minimum Gasteiger partial charge on any atom is -0.385 e. The number of nitrogens with zero attached hydrogens (tertiary/aromatic N) is 1. The molecule has 0 bridgehead atoms. The number of thioether (sulfide) groups is 1. The summed E-state index contributed by atoms with van der Waals surface area (Å²) >= 11 is 1.99. The number of aliphatic imine (C=N–C) groups is 1. The maximum Gasteiger partial charge on any atom is 0.191 e. The summed E-state index contributed by atoms with van der Waals surface area (Å²) in [7, 11) is 0. The van der Waals surface area contributed by atoms with E-state index >= 15 is 0 Å². The van der Waals surface area contributed by atoms with E-state index in [4.69, 9.17) is 4.99 Å². The molecule has 0 aliphatic heterocycles. The van der Waals surface area contributed by atoms with E-state index in [2.05, 4.69) is 53.4 Å². The highest BCUT2D eigenvalue weighted by atomic mass is 32.2. The highest BCUT2D eigenvalue weighted by Gasteiger charge is 2.24. The molecule has 3 N–H and O–H groups in total. The number of rotatable bonds is 8. The summed E-state index contributed by atoms with van der Waals surface area (Å²) < 4.78 is 0. The maximum absolute atomic E-state index is 4.71. The molecular formula is C18H30N4S. The summed E-state index contributed by atoms with van der Waals surface area (Å²) in [6.07, 6.45) is 7.07. The van der Waals surface area contributed by atoms with Crippen molar-refractivity contribution in [3.8, 4) is 0 Å². The monoisotopic (exact) mass is 334 g/mol. The first-order chi connectivity index (χ1) is 11.3. The van der Waals surface area contributed by atoms with Crippen LogP contribution < -0.4 is 16.0 Å². The SMILES string of the molecule is CCNC(=NCCCNc1ccccc1)NC1CCC(SC)C1. The van der Waals surface area contributed by atoms with Crippen LogP contribution in [0.4, 0.5) is 5.69 Å². The van der Waals surface area contributed by atoms with Gasteiger partial charge in [0, 0.05) is 36.6 Å². The Bertz CT molecular complexity index is 463. The summed E-state index contributed by atoms with van der Waals surface area (Å²) in [5.74, 6) is 0.971. The predicted octanol–water partition coefficient (Wildman–Crippen LogP) is 3.33. The van der Waals surface area contributed by atoms with E-state index in [0.29, 0.717) is 6.04 Å². The van der Waals surface area contributed by atoms with Crippen LogP contribution in [0.2, 0.25) is 0 Å². The molecule has 1 aliphatic rings. The maximum atomic E-state index is 4.71. The predicted molar refractivity (Wildman–Crippen MR) is 104 cm³/mol. The Morgan fingerprint density at radius 1 is 1.26 bits per heavy atom. The number of benzene rings is 1. The Balaban J connectivity index is 1.69. The lowest BCUT2D eigenvalue weighted by atomic mass is 10.2. The first-order valence-corrected chi connectivity index (χ1v) is 9.97. The van der Waals surface area contributed by atoms with Gasteiger partial charge in [-0.25, -0.2) is 0 Å². The zero-order valence-corrected chi connectivity index (χ0v) is 15.2. The summed E-state index contributed by atoms with van der Waals surface area (Å²) in [5.41, 5.74) is 1.18. The van der Waals surface area contributed by atoms with Crippen molar-refractivity contribution in [3.63, 3.8) is 0 Å². The molecule has 128 valence electrons. The smallest absolute Gasteiger partial charge is 0.191 e. The number of hydrogen-bond acceptors (Lipinski definition) is 3. The highest BCUT2D eigenvalue weighted by molar-refractivity contribution is 7.99. The Kier molecular flexibility index (Phi) is 8.15. The molecule has 0 amide bonds. The van der Waals surface area contributed by atoms with Crippen LogP contribution in [0.15, 0.2) is 35.3 Å². The first-order valence-electron chi connectivity index (χ1n) is 8.68. The third kappa shape index (κ3) is 6.73. The lowest BCUT2D eigenvalue weighted by molar-refractivity contribution is 0.614. The standard InChI is InChI=1S/C18H30N4S/c1-3-19-18(22-16-10-11-17(14-16)23-2)21-13-7-12-20-15-8-5-4-6-9-15/h4-6,8-9,16-17,20H,3,7,10-14H2,1-2H3,(H2,19,21,22). The second-order valence-corrected chi connectivity index (χ2v) is 7.06. The van der Waals surface area contributed by atoms with Gasteiger partial charge in [0.25, 0.3) is 0 Å². The molecule has 0 radical (unpaired) electrons. The van der Waals surface area contributed by atoms with Crippen molar-refractivity contribution in [2.75, 3.05) is 31.2 Å². The number of guanidine groups is 1. The van der Waals surface area contributed by atoms with Gasteiger partial charge in [0.05, 0.1) is 0 Å². The van der Waals surface area contributed by atoms with Gasteiger partial charge in [-0.15, -0.1) is 0 Å². The van der Waals surface area contributed by atoms with E-state index in [1.54, 1.807) is 0 Å². The number of hydrogen-bond donors (Lipinski definition) is 3. The lowest BCUT2D eigenvalue weighted by Gasteiger charge is -2.17. The van der Waals surface area contributed by atoms with Gasteiger partial charge in [0.1, 0.15) is 0 Å². The number of para-hydroxylation sites is 1. The van der Waals surface area contributed by atoms with Gasteiger partial charge in [-0.3, -0.25) is 4.99 Å². The summed E-state index contributed by atoms with van der Waals surface area (Å²) in [6.45, 7) is 4.82. The fraction of sp³-hybridized carbons (Fsp3) is 0.611. The molecule has 0 saturated heterocycles. The molecule has 5 heteroatoms. The highest BCUT2D eigenvalue weighted by Crippen LogP contribution is 2.27. The van der Waals surface area contributed by atoms with E-state index in [1.165, 1.54) is 24.9 Å². The third-order valence-electron chi connectivity index (χ3n) is 4.11. The third-order valence-corrected chi connectivity index (χ3v) is 5.21. The molecule has 1 aliphatic carbocycles. The average Bonchev–Trinajstić information content (AvgIpc) is 3.03. The largest absolute Gasteiger partial charge is 0.385 e. The van der Waals surface area contributed by atoms with Gasteiger partial charge in [-0.1, -0.05) is 18.2 Å². The van der Waals surface area contributed by atoms with Crippen LogP contribution >= 0.6 is 11.8 Å². The molecule has 4 nitrogen and oxygen atoms in total. The second kappa shape index (κ2) is 10.4. The first kappa shape index (κ1) is 18.0. The molecule has 23 heavy (non-hydrogen) atoms. The zero-order valence-electron chi connectivity index (χ0n) is 14.3. The lowest BCUT2D eigenvalue weighted by Crippen LogP contribution is -2.42. The van der Waals surface area contributed by atoms with E-state index < -0.39 is 0 Å². The second-order valence-electron chi connectivity index (χ2n) is 5.92. The van der Waals surface area contributed by atoms with Crippen LogP contribution in [0.3, 0.4) is 0 Å². The van der Waals surface area contributed by atoms with Crippen molar-refractivity contribution in [1.29, 1.82) is 0 Å². The minimum absolute atomic E-state index is 0.577.